The van der Waals surface area contributed by atoms with E-state index in [0.717, 1.165) is 31.4 Å². The predicted molar refractivity (Wildman–Crippen MR) is 113 cm³/mol. The molecule has 28 heavy (non-hydrogen) atoms. The fourth-order valence-electron chi connectivity index (χ4n) is 3.32. The van der Waals surface area contributed by atoms with Crippen molar-refractivity contribution in [2.75, 3.05) is 24.2 Å². The maximum atomic E-state index is 12.4. The number of aryl methyl sites for hydroxylation is 1. The standard InChI is InChI=1S/C20H27N3O3S2/c1-3-4-12-28(25,26)21-14-19(24)23(2)20-22-17-11-10-16(13-18(17)27-20)15-8-6-5-7-9-15/h5-9,16,21H,3-4,10-14H2,1-2H3/t16-/m0/s1. The predicted octanol–water partition coefficient (Wildman–Crippen LogP) is 3.10. The molecule has 1 aromatic carbocycles. The summed E-state index contributed by atoms with van der Waals surface area (Å²) in [5.74, 6) is 0.228. The summed E-state index contributed by atoms with van der Waals surface area (Å²) in [4.78, 5) is 19.8. The average molecular weight is 422 g/mol. The van der Waals surface area contributed by atoms with E-state index in [1.165, 1.54) is 26.7 Å². The highest BCUT2D eigenvalue weighted by atomic mass is 32.2. The molecule has 0 aliphatic heterocycles. The number of nitrogens with zero attached hydrogens (tertiary/aromatic N) is 2. The number of anilines is 1. The monoisotopic (exact) mass is 421 g/mol. The van der Waals surface area contributed by atoms with Crippen molar-refractivity contribution >= 4 is 32.4 Å². The number of thiazole rings is 1. The smallest absolute Gasteiger partial charge is 0.243 e. The molecule has 1 atom stereocenters. The molecule has 0 spiro atoms. The van der Waals surface area contributed by atoms with Crippen molar-refractivity contribution in [1.29, 1.82) is 0 Å². The number of carbonyl (C=O) groups is 1. The third-order valence-electron chi connectivity index (χ3n) is 5.07. The van der Waals surface area contributed by atoms with E-state index in [1.807, 2.05) is 13.0 Å². The number of likely N-dealkylation sites (N-methyl/N-ethyl adjacent to an activating group) is 1. The summed E-state index contributed by atoms with van der Waals surface area (Å²) in [6.45, 7) is 1.69. The summed E-state index contributed by atoms with van der Waals surface area (Å²) < 4.78 is 26.2. The SMILES string of the molecule is CCCCS(=O)(=O)NCC(=O)N(C)c1nc2c(s1)C[C@@H](c1ccccc1)CC2. The molecule has 0 bridgehead atoms. The van der Waals surface area contributed by atoms with Crippen LogP contribution in [0.1, 0.15) is 48.2 Å². The minimum absolute atomic E-state index is 0.0485. The molecule has 0 radical (unpaired) electrons. The van der Waals surface area contributed by atoms with Crippen LogP contribution in [0.25, 0.3) is 0 Å². The lowest BCUT2D eigenvalue weighted by Crippen LogP contribution is -2.39. The molecule has 1 amide bonds. The number of aromatic nitrogens is 1. The van der Waals surface area contributed by atoms with Crippen LogP contribution in [0.15, 0.2) is 30.3 Å². The lowest BCUT2D eigenvalue weighted by molar-refractivity contribution is -0.117. The number of sulfonamides is 1. The maximum Gasteiger partial charge on any atom is 0.243 e. The van der Waals surface area contributed by atoms with Crippen LogP contribution in [0.3, 0.4) is 0 Å². The van der Waals surface area contributed by atoms with Crippen LogP contribution in [-0.4, -0.2) is 38.7 Å². The maximum absolute atomic E-state index is 12.4. The largest absolute Gasteiger partial charge is 0.290 e. The highest BCUT2D eigenvalue weighted by molar-refractivity contribution is 7.89. The summed E-state index contributed by atoms with van der Waals surface area (Å²) in [6.07, 6.45) is 4.26. The average Bonchev–Trinajstić information content (AvgIpc) is 3.14. The molecule has 0 saturated carbocycles. The topological polar surface area (TPSA) is 79.4 Å². The number of fused-ring (bicyclic) bond motifs is 1. The Labute approximate surface area is 171 Å². The molecule has 6 nitrogen and oxygen atoms in total. The van der Waals surface area contributed by atoms with Gasteiger partial charge < -0.3 is 0 Å². The molecule has 152 valence electrons. The van der Waals surface area contributed by atoms with Gasteiger partial charge >= 0.3 is 0 Å². The summed E-state index contributed by atoms with van der Waals surface area (Å²) in [5.41, 5.74) is 2.41. The molecular weight excluding hydrogens is 394 g/mol. The van der Waals surface area contributed by atoms with Gasteiger partial charge in [-0.15, -0.1) is 11.3 Å². The van der Waals surface area contributed by atoms with Crippen LogP contribution in [-0.2, 0) is 27.7 Å². The first-order valence-corrected chi connectivity index (χ1v) is 12.1. The van der Waals surface area contributed by atoms with Gasteiger partial charge in [0.2, 0.25) is 15.9 Å². The van der Waals surface area contributed by atoms with E-state index in [2.05, 4.69) is 34.0 Å². The second-order valence-corrected chi connectivity index (χ2v) is 10.2. The fraction of sp³-hybridized carbons (Fsp3) is 0.500. The summed E-state index contributed by atoms with van der Waals surface area (Å²) >= 11 is 1.53. The normalized spacial score (nSPS) is 16.6. The van der Waals surface area contributed by atoms with Gasteiger partial charge in [0.15, 0.2) is 5.13 Å². The number of amides is 1. The number of carbonyl (C=O) groups excluding carboxylic acids is 1. The van der Waals surface area contributed by atoms with Crippen LogP contribution < -0.4 is 9.62 Å². The van der Waals surface area contributed by atoms with Crippen molar-refractivity contribution in [3.8, 4) is 0 Å². The Kier molecular flexibility index (Phi) is 6.85. The van der Waals surface area contributed by atoms with Gasteiger partial charge in [-0.1, -0.05) is 43.7 Å². The van der Waals surface area contributed by atoms with Gasteiger partial charge in [-0.2, -0.15) is 0 Å². The van der Waals surface area contributed by atoms with Crippen LogP contribution in [0, 0.1) is 0 Å². The molecule has 0 saturated heterocycles. The van der Waals surface area contributed by atoms with Crippen LogP contribution in [0.5, 0.6) is 0 Å². The number of rotatable bonds is 8. The summed E-state index contributed by atoms with van der Waals surface area (Å²) in [6, 6.07) is 10.5. The van der Waals surface area contributed by atoms with Gasteiger partial charge in [-0.25, -0.2) is 18.1 Å². The minimum atomic E-state index is -3.41. The third kappa shape index (κ3) is 5.18. The molecule has 3 rings (SSSR count). The van der Waals surface area contributed by atoms with E-state index >= 15 is 0 Å². The molecule has 1 heterocycles. The third-order valence-corrected chi connectivity index (χ3v) is 7.68. The Morgan fingerprint density at radius 1 is 1.32 bits per heavy atom. The zero-order valence-electron chi connectivity index (χ0n) is 16.3. The quantitative estimate of drug-likeness (QED) is 0.710. The van der Waals surface area contributed by atoms with Gasteiger partial charge in [0.05, 0.1) is 18.0 Å². The zero-order valence-corrected chi connectivity index (χ0v) is 18.0. The Hall–Kier alpha value is -1.77. The van der Waals surface area contributed by atoms with Gasteiger partial charge in [0.25, 0.3) is 0 Å². The van der Waals surface area contributed by atoms with Crippen molar-refractivity contribution < 1.29 is 13.2 Å². The minimum Gasteiger partial charge on any atom is -0.290 e. The highest BCUT2D eigenvalue weighted by Crippen LogP contribution is 2.37. The second kappa shape index (κ2) is 9.15. The lowest BCUT2D eigenvalue weighted by Gasteiger charge is -2.21. The lowest BCUT2D eigenvalue weighted by atomic mass is 9.85. The summed E-state index contributed by atoms with van der Waals surface area (Å²) in [7, 11) is -1.75. The summed E-state index contributed by atoms with van der Waals surface area (Å²) in [5, 5.41) is 0.636. The van der Waals surface area contributed by atoms with Gasteiger partial charge in [-0.3, -0.25) is 9.69 Å². The Bertz CT molecular complexity index is 910. The Balaban J connectivity index is 1.62. The number of hydrogen-bond donors (Lipinski definition) is 1. The molecule has 1 aromatic heterocycles. The molecule has 0 unspecified atom stereocenters. The van der Waals surface area contributed by atoms with E-state index in [1.54, 1.807) is 7.05 Å². The molecule has 8 heteroatoms. The molecule has 1 aliphatic rings. The van der Waals surface area contributed by atoms with E-state index in [4.69, 9.17) is 0 Å². The molecular formula is C20H27N3O3S2. The fourth-order valence-corrected chi connectivity index (χ4v) is 5.64. The van der Waals surface area contributed by atoms with Gasteiger partial charge in [0, 0.05) is 11.9 Å². The van der Waals surface area contributed by atoms with Crippen molar-refractivity contribution in [3.63, 3.8) is 0 Å². The first-order chi connectivity index (χ1) is 13.4. The molecule has 0 fully saturated rings. The zero-order chi connectivity index (χ0) is 20.1. The highest BCUT2D eigenvalue weighted by Gasteiger charge is 2.26. The number of hydrogen-bond acceptors (Lipinski definition) is 5. The van der Waals surface area contributed by atoms with Gasteiger partial charge in [0.1, 0.15) is 0 Å². The Morgan fingerprint density at radius 3 is 2.79 bits per heavy atom. The van der Waals surface area contributed by atoms with Gasteiger partial charge in [-0.05, 0) is 37.2 Å². The van der Waals surface area contributed by atoms with E-state index in [9.17, 15) is 13.2 Å². The van der Waals surface area contributed by atoms with Crippen LogP contribution in [0.4, 0.5) is 5.13 Å². The van der Waals surface area contributed by atoms with Crippen molar-refractivity contribution in [1.82, 2.24) is 9.71 Å². The van der Waals surface area contributed by atoms with E-state index < -0.39 is 10.0 Å². The van der Waals surface area contributed by atoms with Crippen molar-refractivity contribution in [2.24, 2.45) is 0 Å². The van der Waals surface area contributed by atoms with Crippen molar-refractivity contribution in [2.45, 2.75) is 44.9 Å². The van der Waals surface area contributed by atoms with Crippen molar-refractivity contribution in [3.05, 3.63) is 46.5 Å². The molecule has 1 N–H and O–H groups in total. The van der Waals surface area contributed by atoms with Crippen LogP contribution >= 0.6 is 11.3 Å². The molecule has 2 aromatic rings. The number of unbranched alkanes of at least 4 members (excludes halogenated alkanes) is 1. The second-order valence-electron chi connectivity index (χ2n) is 7.16. The number of benzene rings is 1. The van der Waals surface area contributed by atoms with Crippen LogP contribution in [0.2, 0.25) is 0 Å². The number of nitrogens with one attached hydrogen (secondary N) is 1. The van der Waals surface area contributed by atoms with E-state index in [0.29, 0.717) is 17.5 Å². The Morgan fingerprint density at radius 2 is 2.07 bits per heavy atom. The molecule has 1 aliphatic carbocycles. The first-order valence-electron chi connectivity index (χ1n) is 9.67. The van der Waals surface area contributed by atoms with E-state index in [-0.39, 0.29) is 18.2 Å². The first kappa shape index (κ1) is 21.0.